The molecule has 0 radical (unpaired) electrons. The molecular formula is C19H15ClN2O4. The number of benzene rings is 2. The van der Waals surface area contributed by atoms with Gasteiger partial charge in [0.25, 0.3) is 11.8 Å². The maximum atomic E-state index is 12.5. The molecule has 2 N–H and O–H groups in total. The van der Waals surface area contributed by atoms with Crippen LogP contribution in [-0.4, -0.2) is 34.3 Å². The predicted molar refractivity (Wildman–Crippen MR) is 96.8 cm³/mol. The van der Waals surface area contributed by atoms with E-state index in [9.17, 15) is 14.4 Å². The smallest absolute Gasteiger partial charge is 0.335 e. The van der Waals surface area contributed by atoms with Crippen LogP contribution in [0.25, 0.3) is 0 Å². The van der Waals surface area contributed by atoms with Crippen LogP contribution in [0.1, 0.15) is 15.9 Å². The second kappa shape index (κ2) is 7.41. The number of hydrogen-bond donors (Lipinski definition) is 2. The Morgan fingerprint density at radius 3 is 2.27 bits per heavy atom. The van der Waals surface area contributed by atoms with Gasteiger partial charge in [0.1, 0.15) is 10.7 Å². The van der Waals surface area contributed by atoms with Crippen molar-refractivity contribution in [2.75, 3.05) is 11.9 Å². The van der Waals surface area contributed by atoms with E-state index in [4.69, 9.17) is 16.7 Å². The fourth-order valence-electron chi connectivity index (χ4n) is 2.58. The Labute approximate surface area is 154 Å². The Hall–Kier alpha value is -3.12. The van der Waals surface area contributed by atoms with E-state index >= 15 is 0 Å². The molecule has 2 aromatic carbocycles. The number of amides is 2. The summed E-state index contributed by atoms with van der Waals surface area (Å²) in [4.78, 5) is 36.8. The molecule has 1 aliphatic heterocycles. The number of carbonyl (C=O) groups excluding carboxylic acids is 2. The van der Waals surface area contributed by atoms with Crippen LogP contribution in [-0.2, 0) is 16.0 Å². The fourth-order valence-corrected chi connectivity index (χ4v) is 2.81. The molecule has 0 aromatic heterocycles. The number of nitrogens with one attached hydrogen (secondary N) is 1. The SMILES string of the molecule is O=C(O)c1ccc(NC2=C(Cl)C(=O)N(CCc3ccccc3)C2=O)cc1. The summed E-state index contributed by atoms with van der Waals surface area (Å²) in [5.74, 6) is -2.09. The van der Waals surface area contributed by atoms with E-state index in [2.05, 4.69) is 5.32 Å². The van der Waals surface area contributed by atoms with Crippen molar-refractivity contribution >= 4 is 35.1 Å². The lowest BCUT2D eigenvalue weighted by Crippen LogP contribution is -2.34. The third kappa shape index (κ3) is 3.60. The number of aromatic carboxylic acids is 1. The molecule has 6 nitrogen and oxygen atoms in total. The van der Waals surface area contributed by atoms with E-state index in [0.29, 0.717) is 12.1 Å². The molecule has 1 aliphatic rings. The van der Waals surface area contributed by atoms with E-state index < -0.39 is 17.8 Å². The van der Waals surface area contributed by atoms with Crippen LogP contribution >= 0.6 is 11.6 Å². The average molecular weight is 371 g/mol. The molecule has 0 fully saturated rings. The highest BCUT2D eigenvalue weighted by molar-refractivity contribution is 6.48. The van der Waals surface area contributed by atoms with Gasteiger partial charge in [0, 0.05) is 12.2 Å². The molecule has 7 heteroatoms. The van der Waals surface area contributed by atoms with Crippen molar-refractivity contribution in [2.24, 2.45) is 0 Å². The molecule has 132 valence electrons. The van der Waals surface area contributed by atoms with Gasteiger partial charge < -0.3 is 10.4 Å². The molecule has 0 atom stereocenters. The van der Waals surface area contributed by atoms with E-state index in [1.54, 1.807) is 0 Å². The maximum absolute atomic E-state index is 12.5. The van der Waals surface area contributed by atoms with Gasteiger partial charge in [-0.15, -0.1) is 0 Å². The Morgan fingerprint density at radius 2 is 1.65 bits per heavy atom. The molecule has 0 aliphatic carbocycles. The van der Waals surface area contributed by atoms with E-state index in [0.717, 1.165) is 10.5 Å². The number of rotatable bonds is 6. The number of imide groups is 1. The van der Waals surface area contributed by atoms with Crippen LogP contribution < -0.4 is 5.32 Å². The first kappa shape index (κ1) is 17.7. The van der Waals surface area contributed by atoms with Gasteiger partial charge in [0.2, 0.25) is 0 Å². The maximum Gasteiger partial charge on any atom is 0.335 e. The second-order valence-corrected chi connectivity index (χ2v) is 6.07. The van der Waals surface area contributed by atoms with Gasteiger partial charge in [0.15, 0.2) is 0 Å². The van der Waals surface area contributed by atoms with Crippen LogP contribution in [0.5, 0.6) is 0 Å². The summed E-state index contributed by atoms with van der Waals surface area (Å²) >= 11 is 6.04. The van der Waals surface area contributed by atoms with Crippen LogP contribution in [0, 0.1) is 0 Å². The average Bonchev–Trinajstić information content (AvgIpc) is 2.85. The van der Waals surface area contributed by atoms with Gasteiger partial charge >= 0.3 is 5.97 Å². The Bertz CT molecular complexity index is 892. The molecule has 1 heterocycles. The van der Waals surface area contributed by atoms with Gasteiger partial charge in [-0.05, 0) is 36.2 Å². The summed E-state index contributed by atoms with van der Waals surface area (Å²) < 4.78 is 0. The monoisotopic (exact) mass is 370 g/mol. The molecule has 0 saturated heterocycles. The predicted octanol–water partition coefficient (Wildman–Crippen LogP) is 2.86. The summed E-state index contributed by atoms with van der Waals surface area (Å²) in [6, 6.07) is 15.3. The van der Waals surface area contributed by atoms with E-state index in [1.807, 2.05) is 30.3 Å². The highest BCUT2D eigenvalue weighted by atomic mass is 35.5. The van der Waals surface area contributed by atoms with Gasteiger partial charge in [-0.25, -0.2) is 4.79 Å². The van der Waals surface area contributed by atoms with Crippen molar-refractivity contribution in [2.45, 2.75) is 6.42 Å². The van der Waals surface area contributed by atoms with Gasteiger partial charge in [-0.2, -0.15) is 0 Å². The van der Waals surface area contributed by atoms with Gasteiger partial charge in [0.05, 0.1) is 5.56 Å². The molecule has 2 aromatic rings. The first-order valence-electron chi connectivity index (χ1n) is 7.87. The van der Waals surface area contributed by atoms with Gasteiger partial charge in [-0.1, -0.05) is 41.9 Å². The zero-order valence-electron chi connectivity index (χ0n) is 13.6. The van der Waals surface area contributed by atoms with Crippen LogP contribution in [0.4, 0.5) is 5.69 Å². The molecule has 2 amide bonds. The molecule has 0 saturated carbocycles. The molecule has 26 heavy (non-hydrogen) atoms. The first-order valence-corrected chi connectivity index (χ1v) is 8.25. The van der Waals surface area contributed by atoms with Crippen LogP contribution in [0.2, 0.25) is 0 Å². The Balaban J connectivity index is 1.71. The number of carboxylic acids is 1. The summed E-state index contributed by atoms with van der Waals surface area (Å²) in [5.41, 5.74) is 1.59. The number of carbonyl (C=O) groups is 3. The molecular weight excluding hydrogens is 356 g/mol. The highest BCUT2D eigenvalue weighted by Gasteiger charge is 2.37. The standard InChI is InChI=1S/C19H15ClN2O4/c20-15-16(21-14-8-6-13(7-9-14)19(25)26)18(24)22(17(15)23)11-10-12-4-2-1-3-5-12/h1-9,21H,10-11H2,(H,25,26). The topological polar surface area (TPSA) is 86.7 Å². The summed E-state index contributed by atoms with van der Waals surface area (Å²) in [5, 5.41) is 11.5. The second-order valence-electron chi connectivity index (χ2n) is 5.69. The lowest BCUT2D eigenvalue weighted by molar-refractivity contribution is -0.137. The Morgan fingerprint density at radius 1 is 1.00 bits per heavy atom. The van der Waals surface area contributed by atoms with E-state index in [-0.39, 0.29) is 22.8 Å². The van der Waals surface area contributed by atoms with Crippen molar-refractivity contribution in [3.05, 3.63) is 76.5 Å². The lowest BCUT2D eigenvalue weighted by atomic mass is 10.1. The number of nitrogens with zero attached hydrogens (tertiary/aromatic N) is 1. The van der Waals surface area contributed by atoms with Crippen LogP contribution in [0.3, 0.4) is 0 Å². The summed E-state index contributed by atoms with van der Waals surface area (Å²) in [7, 11) is 0. The fraction of sp³-hybridized carbons (Fsp3) is 0.105. The zero-order chi connectivity index (χ0) is 18.7. The number of carboxylic acid groups (broad SMARTS) is 1. The normalized spacial score (nSPS) is 14.1. The summed E-state index contributed by atoms with van der Waals surface area (Å²) in [6.07, 6.45) is 0.531. The molecule has 3 rings (SSSR count). The number of hydrogen-bond acceptors (Lipinski definition) is 4. The largest absolute Gasteiger partial charge is 0.478 e. The van der Waals surface area contributed by atoms with Crippen molar-refractivity contribution < 1.29 is 19.5 Å². The molecule has 0 bridgehead atoms. The number of anilines is 1. The van der Waals surface area contributed by atoms with Gasteiger partial charge in [-0.3, -0.25) is 14.5 Å². The third-order valence-electron chi connectivity index (χ3n) is 3.98. The van der Waals surface area contributed by atoms with Crippen LogP contribution in [0.15, 0.2) is 65.3 Å². The molecule has 0 unspecified atom stereocenters. The third-order valence-corrected chi connectivity index (χ3v) is 4.33. The van der Waals surface area contributed by atoms with Crippen molar-refractivity contribution in [1.29, 1.82) is 0 Å². The minimum absolute atomic E-state index is 0.00666. The van der Waals surface area contributed by atoms with Crippen molar-refractivity contribution in [3.63, 3.8) is 0 Å². The lowest BCUT2D eigenvalue weighted by Gasteiger charge is -2.15. The first-order chi connectivity index (χ1) is 12.5. The number of halogens is 1. The highest BCUT2D eigenvalue weighted by Crippen LogP contribution is 2.26. The van der Waals surface area contributed by atoms with Crippen molar-refractivity contribution in [3.8, 4) is 0 Å². The molecule has 0 spiro atoms. The van der Waals surface area contributed by atoms with Crippen molar-refractivity contribution in [1.82, 2.24) is 4.90 Å². The minimum atomic E-state index is -1.05. The zero-order valence-corrected chi connectivity index (χ0v) is 14.4. The summed E-state index contributed by atoms with van der Waals surface area (Å²) in [6.45, 7) is 0.223. The van der Waals surface area contributed by atoms with E-state index in [1.165, 1.54) is 24.3 Å². The Kier molecular flexibility index (Phi) is 5.04. The quantitative estimate of drug-likeness (QED) is 0.763. The minimum Gasteiger partial charge on any atom is -0.478 e.